The molecule has 3 fully saturated rings. The number of rotatable bonds is 2. The SMILES string of the molecule is O=C(c1ccc(F)cn1)N1CC2(CC(N3CCCCC3)CO2)C1. The van der Waals surface area contributed by atoms with Crippen LogP contribution in [0.3, 0.4) is 0 Å². The number of pyridine rings is 1. The molecule has 0 radical (unpaired) electrons. The van der Waals surface area contributed by atoms with Gasteiger partial charge in [-0.2, -0.15) is 0 Å². The van der Waals surface area contributed by atoms with Crippen LogP contribution in [-0.4, -0.2) is 65.1 Å². The van der Waals surface area contributed by atoms with Gasteiger partial charge in [0.15, 0.2) is 0 Å². The lowest BCUT2D eigenvalue weighted by atomic mass is 9.88. The highest BCUT2D eigenvalue weighted by Crippen LogP contribution is 2.38. The lowest BCUT2D eigenvalue weighted by Gasteiger charge is -2.47. The molecule has 0 aromatic carbocycles. The summed E-state index contributed by atoms with van der Waals surface area (Å²) in [4.78, 5) is 20.5. The van der Waals surface area contributed by atoms with Crippen LogP contribution < -0.4 is 0 Å². The first-order chi connectivity index (χ1) is 11.2. The fourth-order valence-electron chi connectivity index (χ4n) is 4.02. The monoisotopic (exact) mass is 319 g/mol. The van der Waals surface area contributed by atoms with Gasteiger partial charge in [0, 0.05) is 6.04 Å². The highest BCUT2D eigenvalue weighted by molar-refractivity contribution is 5.93. The smallest absolute Gasteiger partial charge is 0.272 e. The van der Waals surface area contributed by atoms with Crippen LogP contribution in [0.15, 0.2) is 18.3 Å². The maximum Gasteiger partial charge on any atom is 0.272 e. The molecule has 0 N–H and O–H groups in total. The third kappa shape index (κ3) is 2.85. The minimum atomic E-state index is -0.426. The zero-order valence-corrected chi connectivity index (χ0v) is 13.2. The molecule has 4 heterocycles. The lowest BCUT2D eigenvalue weighted by molar-refractivity contribution is -0.0952. The molecule has 0 bridgehead atoms. The Balaban J connectivity index is 1.34. The second-order valence-electron chi connectivity index (χ2n) is 6.97. The van der Waals surface area contributed by atoms with Crippen molar-refractivity contribution < 1.29 is 13.9 Å². The Morgan fingerprint density at radius 1 is 1.26 bits per heavy atom. The standard InChI is InChI=1S/C17H22FN3O2/c18-13-4-5-15(19-9-13)16(22)21-11-17(12-21)8-14(10-23-17)20-6-2-1-3-7-20/h4-5,9,14H,1-3,6-8,10-12H2. The molecule has 1 spiro atoms. The van der Waals surface area contributed by atoms with Gasteiger partial charge in [-0.3, -0.25) is 9.69 Å². The minimum Gasteiger partial charge on any atom is -0.370 e. The minimum absolute atomic E-state index is 0.138. The zero-order valence-electron chi connectivity index (χ0n) is 13.2. The molecular formula is C17H22FN3O2. The molecule has 0 saturated carbocycles. The number of halogens is 1. The van der Waals surface area contributed by atoms with Crippen LogP contribution in [0, 0.1) is 5.82 Å². The number of carbonyl (C=O) groups is 1. The lowest BCUT2D eigenvalue weighted by Crippen LogP contribution is -2.63. The summed E-state index contributed by atoms with van der Waals surface area (Å²) in [6.07, 6.45) is 5.99. The van der Waals surface area contributed by atoms with Crippen LogP contribution >= 0.6 is 0 Å². The van der Waals surface area contributed by atoms with Gasteiger partial charge in [-0.1, -0.05) is 6.42 Å². The van der Waals surface area contributed by atoms with E-state index in [1.54, 1.807) is 4.90 Å². The summed E-state index contributed by atoms with van der Waals surface area (Å²) < 4.78 is 19.0. The first kappa shape index (κ1) is 15.0. The molecular weight excluding hydrogens is 297 g/mol. The van der Waals surface area contributed by atoms with Crippen LogP contribution in [0.25, 0.3) is 0 Å². The summed E-state index contributed by atoms with van der Waals surface area (Å²) in [7, 11) is 0. The van der Waals surface area contributed by atoms with E-state index in [0.29, 0.717) is 24.8 Å². The van der Waals surface area contributed by atoms with Crippen molar-refractivity contribution in [1.29, 1.82) is 0 Å². The molecule has 1 unspecified atom stereocenters. The van der Waals surface area contributed by atoms with Gasteiger partial charge >= 0.3 is 0 Å². The van der Waals surface area contributed by atoms with Crippen molar-refractivity contribution in [2.45, 2.75) is 37.3 Å². The molecule has 1 atom stereocenters. The number of aromatic nitrogens is 1. The summed E-state index contributed by atoms with van der Waals surface area (Å²) in [6, 6.07) is 3.21. The maximum atomic E-state index is 12.9. The Labute approximate surface area is 135 Å². The zero-order chi connectivity index (χ0) is 15.9. The fourth-order valence-corrected chi connectivity index (χ4v) is 4.02. The van der Waals surface area contributed by atoms with Crippen molar-refractivity contribution in [2.24, 2.45) is 0 Å². The average molecular weight is 319 g/mol. The van der Waals surface area contributed by atoms with Gasteiger partial charge < -0.3 is 9.64 Å². The molecule has 1 aromatic heterocycles. The Kier molecular flexibility index (Phi) is 3.81. The van der Waals surface area contributed by atoms with Gasteiger partial charge in [-0.25, -0.2) is 9.37 Å². The molecule has 5 nitrogen and oxygen atoms in total. The second kappa shape index (κ2) is 5.83. The predicted octanol–water partition coefficient (Wildman–Crippen LogP) is 1.69. The molecule has 3 aliphatic rings. The van der Waals surface area contributed by atoms with Gasteiger partial charge in [0.2, 0.25) is 0 Å². The number of carbonyl (C=O) groups excluding carboxylic acids is 1. The van der Waals surface area contributed by atoms with E-state index in [2.05, 4.69) is 9.88 Å². The first-order valence-corrected chi connectivity index (χ1v) is 8.44. The van der Waals surface area contributed by atoms with E-state index in [1.807, 2.05) is 0 Å². The van der Waals surface area contributed by atoms with Crippen molar-refractivity contribution in [2.75, 3.05) is 32.8 Å². The van der Waals surface area contributed by atoms with Gasteiger partial charge in [0.25, 0.3) is 5.91 Å². The molecule has 3 saturated heterocycles. The van der Waals surface area contributed by atoms with E-state index in [1.165, 1.54) is 44.5 Å². The Morgan fingerprint density at radius 2 is 2.04 bits per heavy atom. The predicted molar refractivity (Wildman–Crippen MR) is 82.6 cm³/mol. The Hall–Kier alpha value is -1.53. The van der Waals surface area contributed by atoms with Gasteiger partial charge in [0.1, 0.15) is 17.1 Å². The normalized spacial score (nSPS) is 27.2. The van der Waals surface area contributed by atoms with E-state index < -0.39 is 5.82 Å². The van der Waals surface area contributed by atoms with Crippen molar-refractivity contribution >= 4 is 5.91 Å². The molecule has 3 aliphatic heterocycles. The fraction of sp³-hybridized carbons (Fsp3) is 0.647. The summed E-state index contributed by atoms with van der Waals surface area (Å²) >= 11 is 0. The number of hydrogen-bond acceptors (Lipinski definition) is 4. The van der Waals surface area contributed by atoms with Crippen molar-refractivity contribution in [3.8, 4) is 0 Å². The second-order valence-corrected chi connectivity index (χ2v) is 6.97. The van der Waals surface area contributed by atoms with Gasteiger partial charge in [-0.15, -0.1) is 0 Å². The van der Waals surface area contributed by atoms with Crippen LogP contribution in [0.1, 0.15) is 36.2 Å². The molecule has 1 aromatic rings. The van der Waals surface area contributed by atoms with E-state index in [4.69, 9.17) is 4.74 Å². The van der Waals surface area contributed by atoms with Crippen LogP contribution in [0.2, 0.25) is 0 Å². The van der Waals surface area contributed by atoms with Gasteiger partial charge in [-0.05, 0) is 44.5 Å². The number of hydrogen-bond donors (Lipinski definition) is 0. The van der Waals surface area contributed by atoms with E-state index in [-0.39, 0.29) is 11.5 Å². The highest BCUT2D eigenvalue weighted by atomic mass is 19.1. The summed E-state index contributed by atoms with van der Waals surface area (Å²) in [5.74, 6) is -0.564. The van der Waals surface area contributed by atoms with E-state index in [9.17, 15) is 9.18 Å². The number of piperidine rings is 1. The van der Waals surface area contributed by atoms with Crippen LogP contribution in [0.5, 0.6) is 0 Å². The summed E-state index contributed by atoms with van der Waals surface area (Å²) in [5, 5.41) is 0. The molecule has 4 rings (SSSR count). The number of likely N-dealkylation sites (tertiary alicyclic amines) is 2. The van der Waals surface area contributed by atoms with Gasteiger partial charge in [0.05, 0.1) is 25.9 Å². The average Bonchev–Trinajstić information content (AvgIpc) is 3.00. The van der Waals surface area contributed by atoms with Crippen molar-refractivity contribution in [3.63, 3.8) is 0 Å². The summed E-state index contributed by atoms with van der Waals surface area (Å²) in [6.45, 7) is 4.36. The molecule has 23 heavy (non-hydrogen) atoms. The Bertz CT molecular complexity index is 580. The van der Waals surface area contributed by atoms with E-state index >= 15 is 0 Å². The topological polar surface area (TPSA) is 45.7 Å². The first-order valence-electron chi connectivity index (χ1n) is 8.44. The quantitative estimate of drug-likeness (QED) is 0.832. The highest BCUT2D eigenvalue weighted by Gasteiger charge is 2.52. The number of ether oxygens (including phenoxy) is 1. The third-order valence-corrected chi connectivity index (χ3v) is 5.29. The summed E-state index contributed by atoms with van der Waals surface area (Å²) in [5.41, 5.74) is 0.129. The van der Waals surface area contributed by atoms with Crippen molar-refractivity contribution in [1.82, 2.24) is 14.8 Å². The van der Waals surface area contributed by atoms with Crippen LogP contribution in [-0.2, 0) is 4.74 Å². The van der Waals surface area contributed by atoms with Crippen molar-refractivity contribution in [3.05, 3.63) is 29.8 Å². The molecule has 6 heteroatoms. The molecule has 124 valence electrons. The largest absolute Gasteiger partial charge is 0.370 e. The molecule has 0 aliphatic carbocycles. The Morgan fingerprint density at radius 3 is 2.74 bits per heavy atom. The third-order valence-electron chi connectivity index (χ3n) is 5.29. The molecule has 1 amide bonds. The number of nitrogens with zero attached hydrogens (tertiary/aromatic N) is 3. The van der Waals surface area contributed by atoms with E-state index in [0.717, 1.165) is 19.2 Å². The number of amides is 1. The van der Waals surface area contributed by atoms with Crippen LogP contribution in [0.4, 0.5) is 4.39 Å². The maximum absolute atomic E-state index is 12.9.